The lowest BCUT2D eigenvalue weighted by Crippen LogP contribution is -1.98. The quantitative estimate of drug-likeness (QED) is 0.877. The highest BCUT2D eigenvalue weighted by atomic mass is 16.5. The van der Waals surface area contributed by atoms with Crippen molar-refractivity contribution in [3.8, 4) is 16.9 Å². The topological polar surface area (TPSA) is 53.1 Å². The van der Waals surface area contributed by atoms with Crippen LogP contribution in [0.25, 0.3) is 11.1 Å². The minimum absolute atomic E-state index is 0.677. The van der Waals surface area contributed by atoms with Gasteiger partial charge in [-0.2, -0.15) is 5.10 Å². The van der Waals surface area contributed by atoms with E-state index in [1.54, 1.807) is 4.68 Å². The molecule has 2 aromatic rings. The second kappa shape index (κ2) is 6.46. The molecule has 0 saturated heterocycles. The highest BCUT2D eigenvalue weighted by molar-refractivity contribution is 5.77. The maximum atomic E-state index is 6.17. The second-order valence-corrected chi connectivity index (χ2v) is 4.89. The van der Waals surface area contributed by atoms with Gasteiger partial charge in [-0.05, 0) is 37.5 Å². The molecule has 2 rings (SSSR count). The van der Waals surface area contributed by atoms with Gasteiger partial charge in [0, 0.05) is 12.6 Å². The molecular formula is C16H23N3O. The van der Waals surface area contributed by atoms with Crippen molar-refractivity contribution in [2.24, 2.45) is 7.05 Å². The Hall–Kier alpha value is -1.97. The van der Waals surface area contributed by atoms with E-state index >= 15 is 0 Å². The minimum atomic E-state index is 0.677. The largest absolute Gasteiger partial charge is 0.494 e. The zero-order valence-corrected chi connectivity index (χ0v) is 12.5. The van der Waals surface area contributed by atoms with E-state index in [0.717, 1.165) is 47.7 Å². The van der Waals surface area contributed by atoms with E-state index in [2.05, 4.69) is 12.0 Å². The summed E-state index contributed by atoms with van der Waals surface area (Å²) in [6.07, 6.45) is 3.24. The number of hydrogen-bond acceptors (Lipinski definition) is 3. The third kappa shape index (κ3) is 2.95. The first-order valence-corrected chi connectivity index (χ1v) is 7.22. The molecule has 0 aliphatic rings. The molecule has 4 heteroatoms. The number of aryl methyl sites for hydroxylation is 2. The fraction of sp³-hybridized carbons (Fsp3) is 0.438. The van der Waals surface area contributed by atoms with Crippen LogP contribution in [0.1, 0.15) is 32.4 Å². The molecule has 0 unspecified atom stereocenters. The maximum absolute atomic E-state index is 6.17. The van der Waals surface area contributed by atoms with E-state index in [1.807, 2.05) is 38.2 Å². The highest BCUT2D eigenvalue weighted by Gasteiger charge is 2.15. The van der Waals surface area contributed by atoms with Gasteiger partial charge in [0.05, 0.1) is 12.3 Å². The van der Waals surface area contributed by atoms with Crippen LogP contribution in [0.3, 0.4) is 0 Å². The summed E-state index contributed by atoms with van der Waals surface area (Å²) in [7, 11) is 1.89. The van der Waals surface area contributed by atoms with Crippen LogP contribution in [0.5, 0.6) is 5.75 Å². The van der Waals surface area contributed by atoms with Gasteiger partial charge in [0.2, 0.25) is 0 Å². The first kappa shape index (κ1) is 14.4. The average molecular weight is 273 g/mol. The third-order valence-corrected chi connectivity index (χ3v) is 3.39. The molecule has 108 valence electrons. The first-order valence-electron chi connectivity index (χ1n) is 7.22. The predicted octanol–water partition coefficient (Wildman–Crippen LogP) is 3.41. The summed E-state index contributed by atoms with van der Waals surface area (Å²) >= 11 is 0. The van der Waals surface area contributed by atoms with Gasteiger partial charge in [-0.3, -0.25) is 4.68 Å². The van der Waals surface area contributed by atoms with Crippen LogP contribution in [0.2, 0.25) is 0 Å². The van der Waals surface area contributed by atoms with Crippen LogP contribution >= 0.6 is 0 Å². The molecule has 0 aliphatic carbocycles. The van der Waals surface area contributed by atoms with Crippen LogP contribution in [0.4, 0.5) is 5.82 Å². The van der Waals surface area contributed by atoms with E-state index in [-0.39, 0.29) is 0 Å². The van der Waals surface area contributed by atoms with Crippen molar-refractivity contribution in [3.63, 3.8) is 0 Å². The van der Waals surface area contributed by atoms with E-state index in [9.17, 15) is 0 Å². The number of anilines is 1. The molecule has 0 amide bonds. The lowest BCUT2D eigenvalue weighted by Gasteiger charge is -2.06. The summed E-state index contributed by atoms with van der Waals surface area (Å²) in [5.41, 5.74) is 9.41. The fourth-order valence-corrected chi connectivity index (χ4v) is 2.31. The fourth-order valence-electron chi connectivity index (χ4n) is 2.31. The Labute approximate surface area is 120 Å². The van der Waals surface area contributed by atoms with Gasteiger partial charge in [0.1, 0.15) is 11.6 Å². The van der Waals surface area contributed by atoms with Crippen molar-refractivity contribution < 1.29 is 4.74 Å². The number of rotatable bonds is 6. The second-order valence-electron chi connectivity index (χ2n) is 4.89. The van der Waals surface area contributed by atoms with Crippen molar-refractivity contribution >= 4 is 5.82 Å². The molecule has 1 aromatic heterocycles. The van der Waals surface area contributed by atoms with Gasteiger partial charge in [-0.1, -0.05) is 25.5 Å². The summed E-state index contributed by atoms with van der Waals surface area (Å²) in [4.78, 5) is 0. The molecular weight excluding hydrogens is 250 g/mol. The lowest BCUT2D eigenvalue weighted by atomic mass is 10.0. The number of nitrogens with two attached hydrogens (primary N) is 1. The summed E-state index contributed by atoms with van der Waals surface area (Å²) < 4.78 is 7.24. The molecule has 1 heterocycles. The van der Waals surface area contributed by atoms with Crippen LogP contribution < -0.4 is 10.5 Å². The molecule has 0 fully saturated rings. The summed E-state index contributed by atoms with van der Waals surface area (Å²) in [5.74, 6) is 1.61. The van der Waals surface area contributed by atoms with Crippen molar-refractivity contribution in [2.75, 3.05) is 12.3 Å². The van der Waals surface area contributed by atoms with Gasteiger partial charge in [-0.15, -0.1) is 0 Å². The number of hydrogen-bond donors (Lipinski definition) is 1. The minimum Gasteiger partial charge on any atom is -0.494 e. The monoisotopic (exact) mass is 273 g/mol. The number of benzene rings is 1. The molecule has 0 bridgehead atoms. The van der Waals surface area contributed by atoms with Crippen molar-refractivity contribution in [1.82, 2.24) is 9.78 Å². The van der Waals surface area contributed by atoms with Gasteiger partial charge < -0.3 is 10.5 Å². The molecule has 0 radical (unpaired) electrons. The Balaban J connectivity index is 2.35. The Morgan fingerprint density at radius 3 is 2.50 bits per heavy atom. The van der Waals surface area contributed by atoms with Gasteiger partial charge in [-0.25, -0.2) is 0 Å². The molecule has 0 aliphatic heterocycles. The molecule has 0 spiro atoms. The normalized spacial score (nSPS) is 10.8. The van der Waals surface area contributed by atoms with Crippen molar-refractivity contribution in [3.05, 3.63) is 30.0 Å². The molecule has 4 nitrogen and oxygen atoms in total. The Morgan fingerprint density at radius 1 is 1.20 bits per heavy atom. The Kier molecular flexibility index (Phi) is 4.66. The van der Waals surface area contributed by atoms with Gasteiger partial charge in [0.25, 0.3) is 0 Å². The molecule has 0 atom stereocenters. The van der Waals surface area contributed by atoms with Gasteiger partial charge >= 0.3 is 0 Å². The smallest absolute Gasteiger partial charge is 0.129 e. The van der Waals surface area contributed by atoms with Gasteiger partial charge in [0.15, 0.2) is 0 Å². The molecule has 0 saturated carbocycles. The summed E-state index contributed by atoms with van der Waals surface area (Å²) in [6.45, 7) is 4.84. The predicted molar refractivity (Wildman–Crippen MR) is 82.8 cm³/mol. The maximum Gasteiger partial charge on any atom is 0.129 e. The number of aromatic nitrogens is 2. The standard InChI is InChI=1S/C16H23N3O/c1-4-6-7-14-15(16(17)19(3)18-14)12-8-10-13(11-9-12)20-5-2/h8-11H,4-7,17H2,1-3H3. The van der Waals surface area contributed by atoms with E-state index in [1.165, 1.54) is 0 Å². The molecule has 1 aromatic carbocycles. The SMILES string of the molecule is CCCCc1nn(C)c(N)c1-c1ccc(OCC)cc1. The highest BCUT2D eigenvalue weighted by Crippen LogP contribution is 2.31. The van der Waals surface area contributed by atoms with Crippen molar-refractivity contribution in [1.29, 1.82) is 0 Å². The molecule has 2 N–H and O–H groups in total. The number of nitrogens with zero attached hydrogens (tertiary/aromatic N) is 2. The van der Waals surface area contributed by atoms with Crippen LogP contribution in [-0.4, -0.2) is 16.4 Å². The van der Waals surface area contributed by atoms with Crippen LogP contribution in [0, 0.1) is 0 Å². The van der Waals surface area contributed by atoms with Crippen LogP contribution in [-0.2, 0) is 13.5 Å². The van der Waals surface area contributed by atoms with E-state index in [0.29, 0.717) is 6.61 Å². The van der Waals surface area contributed by atoms with E-state index < -0.39 is 0 Å². The summed E-state index contributed by atoms with van der Waals surface area (Å²) in [5, 5.41) is 4.54. The average Bonchev–Trinajstić information content (AvgIpc) is 2.73. The molecule has 20 heavy (non-hydrogen) atoms. The zero-order valence-electron chi connectivity index (χ0n) is 12.5. The third-order valence-electron chi connectivity index (χ3n) is 3.39. The number of unbranched alkanes of at least 4 members (excludes halogenated alkanes) is 1. The van der Waals surface area contributed by atoms with E-state index in [4.69, 9.17) is 10.5 Å². The Morgan fingerprint density at radius 2 is 1.90 bits per heavy atom. The first-order chi connectivity index (χ1) is 9.67. The lowest BCUT2D eigenvalue weighted by molar-refractivity contribution is 0.340. The number of nitrogen functional groups attached to an aromatic ring is 1. The number of ether oxygens (including phenoxy) is 1. The van der Waals surface area contributed by atoms with Crippen molar-refractivity contribution in [2.45, 2.75) is 33.1 Å². The zero-order chi connectivity index (χ0) is 14.5. The Bertz CT molecular complexity index is 558. The summed E-state index contributed by atoms with van der Waals surface area (Å²) in [6, 6.07) is 8.06. The van der Waals surface area contributed by atoms with Crippen LogP contribution in [0.15, 0.2) is 24.3 Å².